The number of piperidine rings is 1. The van der Waals surface area contributed by atoms with E-state index < -0.39 is 29.0 Å². The minimum Gasteiger partial charge on any atom is -0.376 e. The van der Waals surface area contributed by atoms with Crippen LogP contribution >= 0.6 is 0 Å². The Hall–Kier alpha value is -2.03. The quantitative estimate of drug-likeness (QED) is 0.879. The minimum absolute atomic E-state index is 0.0933. The molecule has 24 heavy (non-hydrogen) atoms. The van der Waals surface area contributed by atoms with E-state index in [2.05, 4.69) is 5.32 Å². The highest BCUT2D eigenvalue weighted by Gasteiger charge is 2.32. The first kappa shape index (κ1) is 18.3. The number of carbonyl (C=O) groups excluding carboxylic acids is 1. The molecule has 0 aromatic carbocycles. The van der Waals surface area contributed by atoms with Crippen molar-refractivity contribution in [1.82, 2.24) is 9.88 Å². The number of pyridine rings is 1. The van der Waals surface area contributed by atoms with Gasteiger partial charge in [0.15, 0.2) is 0 Å². The van der Waals surface area contributed by atoms with Crippen LogP contribution in [0.3, 0.4) is 0 Å². The number of carbonyl (C=O) groups is 1. The highest BCUT2D eigenvalue weighted by Crippen LogP contribution is 2.29. The summed E-state index contributed by atoms with van der Waals surface area (Å²) in [7, 11) is 0. The number of nitrogens with one attached hydrogen (secondary N) is 2. The van der Waals surface area contributed by atoms with Crippen LogP contribution in [-0.4, -0.2) is 41.7 Å². The summed E-state index contributed by atoms with van der Waals surface area (Å²) in [6.07, 6.45) is -1.69. The normalized spacial score (nSPS) is 18.5. The van der Waals surface area contributed by atoms with Crippen LogP contribution in [0.1, 0.15) is 31.7 Å². The van der Waals surface area contributed by atoms with Gasteiger partial charge in [-0.2, -0.15) is 13.2 Å². The number of anilines is 1. The van der Waals surface area contributed by atoms with Crippen LogP contribution in [-0.2, 0) is 10.9 Å². The van der Waals surface area contributed by atoms with E-state index in [0.717, 1.165) is 19.3 Å². The first-order valence-electron chi connectivity index (χ1n) is 7.78. The standard InChI is InChI=1S/C15H20F3N3O3/c1-2-6-24-11-4-3-5-21(9-11)14(23)20-12-7-10(15(16,17)18)8-19-13(12)22/h7-8,11H,2-6,9H2,1H3,(H,19,22)(H,20,23)/t11-/m1/s1. The van der Waals surface area contributed by atoms with E-state index in [1.807, 2.05) is 11.9 Å². The predicted molar refractivity (Wildman–Crippen MR) is 81.9 cm³/mol. The molecular weight excluding hydrogens is 327 g/mol. The number of amides is 2. The van der Waals surface area contributed by atoms with Crippen LogP contribution in [0.25, 0.3) is 0 Å². The molecule has 2 heterocycles. The van der Waals surface area contributed by atoms with Crippen LogP contribution in [0.2, 0.25) is 0 Å². The van der Waals surface area contributed by atoms with Crippen molar-refractivity contribution in [2.75, 3.05) is 25.0 Å². The monoisotopic (exact) mass is 347 g/mol. The molecule has 0 radical (unpaired) electrons. The van der Waals surface area contributed by atoms with Crippen molar-refractivity contribution in [3.05, 3.63) is 28.2 Å². The van der Waals surface area contributed by atoms with Gasteiger partial charge in [-0.1, -0.05) is 6.92 Å². The summed E-state index contributed by atoms with van der Waals surface area (Å²) in [5, 5.41) is 2.26. The van der Waals surface area contributed by atoms with Gasteiger partial charge in [0.2, 0.25) is 0 Å². The van der Waals surface area contributed by atoms with Gasteiger partial charge in [-0.3, -0.25) is 4.79 Å². The number of nitrogens with zero attached hydrogens (tertiary/aromatic N) is 1. The Morgan fingerprint density at radius 1 is 1.50 bits per heavy atom. The van der Waals surface area contributed by atoms with Gasteiger partial charge >= 0.3 is 12.2 Å². The number of hydrogen-bond donors (Lipinski definition) is 2. The number of halogens is 3. The van der Waals surface area contributed by atoms with E-state index in [0.29, 0.717) is 32.0 Å². The molecule has 1 aliphatic rings. The molecular formula is C15H20F3N3O3. The zero-order chi connectivity index (χ0) is 17.7. The topological polar surface area (TPSA) is 74.4 Å². The van der Waals surface area contributed by atoms with Crippen molar-refractivity contribution in [2.24, 2.45) is 0 Å². The number of H-pyrrole nitrogens is 1. The van der Waals surface area contributed by atoms with E-state index in [1.54, 1.807) is 0 Å². The molecule has 1 saturated heterocycles. The number of rotatable bonds is 4. The second-order valence-electron chi connectivity index (χ2n) is 5.64. The second kappa shape index (κ2) is 7.69. The molecule has 0 spiro atoms. The maximum atomic E-state index is 12.7. The maximum absolute atomic E-state index is 12.7. The van der Waals surface area contributed by atoms with E-state index >= 15 is 0 Å². The molecule has 0 unspecified atom stereocenters. The number of urea groups is 1. The van der Waals surface area contributed by atoms with Gasteiger partial charge in [-0.15, -0.1) is 0 Å². The minimum atomic E-state index is -4.60. The fraction of sp³-hybridized carbons (Fsp3) is 0.600. The molecule has 0 bridgehead atoms. The Labute approximate surface area is 137 Å². The number of aromatic amines is 1. The average molecular weight is 347 g/mol. The summed E-state index contributed by atoms with van der Waals surface area (Å²) >= 11 is 0. The molecule has 1 aromatic rings. The number of hydrogen-bond acceptors (Lipinski definition) is 3. The van der Waals surface area contributed by atoms with Crippen LogP contribution in [0, 0.1) is 0 Å². The zero-order valence-corrected chi connectivity index (χ0v) is 13.3. The Bertz CT molecular complexity index is 630. The van der Waals surface area contributed by atoms with Gasteiger partial charge in [-0.05, 0) is 25.3 Å². The third kappa shape index (κ3) is 4.73. The van der Waals surface area contributed by atoms with Gasteiger partial charge in [0.05, 0.1) is 11.7 Å². The van der Waals surface area contributed by atoms with Crippen LogP contribution in [0.5, 0.6) is 0 Å². The zero-order valence-electron chi connectivity index (χ0n) is 13.3. The molecule has 2 N–H and O–H groups in total. The van der Waals surface area contributed by atoms with Crippen molar-refractivity contribution in [1.29, 1.82) is 0 Å². The molecule has 0 aliphatic carbocycles. The molecule has 1 fully saturated rings. The van der Waals surface area contributed by atoms with Gasteiger partial charge in [0, 0.05) is 25.9 Å². The number of alkyl halides is 3. The van der Waals surface area contributed by atoms with Crippen molar-refractivity contribution >= 4 is 11.7 Å². The predicted octanol–water partition coefficient (Wildman–Crippen LogP) is 2.82. The molecule has 2 amide bonds. The van der Waals surface area contributed by atoms with Gasteiger partial charge in [0.1, 0.15) is 5.69 Å². The summed E-state index contributed by atoms with van der Waals surface area (Å²) in [5.74, 6) is 0. The third-order valence-corrected chi connectivity index (χ3v) is 3.70. The molecule has 1 atom stereocenters. The molecule has 0 saturated carbocycles. The lowest BCUT2D eigenvalue weighted by Crippen LogP contribution is -2.45. The molecule has 134 valence electrons. The van der Waals surface area contributed by atoms with Crippen LogP contribution < -0.4 is 10.9 Å². The fourth-order valence-corrected chi connectivity index (χ4v) is 2.48. The molecule has 9 heteroatoms. The first-order valence-corrected chi connectivity index (χ1v) is 7.78. The lowest BCUT2D eigenvalue weighted by molar-refractivity contribution is -0.137. The first-order chi connectivity index (χ1) is 11.3. The highest BCUT2D eigenvalue weighted by atomic mass is 19.4. The molecule has 6 nitrogen and oxygen atoms in total. The SMILES string of the molecule is CCCO[C@@H]1CCCN(C(=O)Nc2cc(C(F)(F)F)c[nH]c2=O)C1. The van der Waals surface area contributed by atoms with E-state index in [9.17, 15) is 22.8 Å². The smallest absolute Gasteiger partial charge is 0.376 e. The van der Waals surface area contributed by atoms with E-state index in [4.69, 9.17) is 4.74 Å². The fourth-order valence-electron chi connectivity index (χ4n) is 2.48. The number of ether oxygens (including phenoxy) is 1. The lowest BCUT2D eigenvalue weighted by atomic mass is 10.1. The van der Waals surface area contributed by atoms with Gasteiger partial charge in [-0.25, -0.2) is 4.79 Å². The highest BCUT2D eigenvalue weighted by molar-refractivity contribution is 5.89. The van der Waals surface area contributed by atoms with Crippen molar-refractivity contribution in [3.8, 4) is 0 Å². The molecule has 1 aromatic heterocycles. The molecule has 2 rings (SSSR count). The second-order valence-corrected chi connectivity index (χ2v) is 5.64. The summed E-state index contributed by atoms with van der Waals surface area (Å²) in [6.45, 7) is 3.39. The Balaban J connectivity index is 2.05. The summed E-state index contributed by atoms with van der Waals surface area (Å²) in [6, 6.07) is 0.0239. The Morgan fingerprint density at radius 2 is 2.25 bits per heavy atom. The number of aromatic nitrogens is 1. The van der Waals surface area contributed by atoms with E-state index in [-0.39, 0.29) is 6.10 Å². The van der Waals surface area contributed by atoms with Crippen LogP contribution in [0.15, 0.2) is 17.1 Å². The van der Waals surface area contributed by atoms with E-state index in [1.165, 1.54) is 4.90 Å². The van der Waals surface area contributed by atoms with Crippen LogP contribution in [0.4, 0.5) is 23.7 Å². The third-order valence-electron chi connectivity index (χ3n) is 3.70. The summed E-state index contributed by atoms with van der Waals surface area (Å²) in [4.78, 5) is 27.3. The number of likely N-dealkylation sites (tertiary alicyclic amines) is 1. The average Bonchev–Trinajstić information content (AvgIpc) is 2.54. The Morgan fingerprint density at radius 3 is 2.92 bits per heavy atom. The van der Waals surface area contributed by atoms with Gasteiger partial charge in [0.25, 0.3) is 5.56 Å². The van der Waals surface area contributed by atoms with Crippen molar-refractivity contribution in [3.63, 3.8) is 0 Å². The summed E-state index contributed by atoms with van der Waals surface area (Å²) in [5.41, 5.74) is -2.24. The molecule has 1 aliphatic heterocycles. The summed E-state index contributed by atoms with van der Waals surface area (Å²) < 4.78 is 43.7. The van der Waals surface area contributed by atoms with Crippen molar-refractivity contribution < 1.29 is 22.7 Å². The Kier molecular flexibility index (Phi) is 5.87. The van der Waals surface area contributed by atoms with Gasteiger partial charge < -0.3 is 19.9 Å². The largest absolute Gasteiger partial charge is 0.417 e. The maximum Gasteiger partial charge on any atom is 0.417 e. The lowest BCUT2D eigenvalue weighted by Gasteiger charge is -2.32. The van der Waals surface area contributed by atoms with Crippen molar-refractivity contribution in [2.45, 2.75) is 38.5 Å².